The van der Waals surface area contributed by atoms with E-state index in [9.17, 15) is 29.6 Å². The predicted octanol–water partition coefficient (Wildman–Crippen LogP) is -1.29. The van der Waals surface area contributed by atoms with Gasteiger partial charge in [0.1, 0.15) is 0 Å². The Balaban J connectivity index is 2.74. The van der Waals surface area contributed by atoms with Crippen LogP contribution < -0.4 is 16.2 Å². The van der Waals surface area contributed by atoms with Gasteiger partial charge in [0.25, 0.3) is 11.6 Å². The second-order valence-electron chi connectivity index (χ2n) is 4.15. The number of carboxylic acid groups (broad SMARTS) is 1. The number of aliphatic carboxylic acids is 1. The van der Waals surface area contributed by atoms with Crippen molar-refractivity contribution in [2.75, 3.05) is 0 Å². The maximum Gasteiger partial charge on any atom is 0.269 e. The molecule has 0 aliphatic heterocycles. The van der Waals surface area contributed by atoms with Gasteiger partial charge in [-0.2, -0.15) is 0 Å². The summed E-state index contributed by atoms with van der Waals surface area (Å²) < 4.78 is 0. The third-order valence-corrected chi connectivity index (χ3v) is 2.61. The molecular formula is C12H12N3O6-. The predicted molar refractivity (Wildman–Crippen MR) is 67.8 cm³/mol. The lowest BCUT2D eigenvalue weighted by Gasteiger charge is -2.19. The Bertz CT molecular complexity index is 569. The Labute approximate surface area is 118 Å². The maximum atomic E-state index is 11.8. The van der Waals surface area contributed by atoms with Gasteiger partial charge in [-0.3, -0.25) is 19.7 Å². The van der Waals surface area contributed by atoms with Gasteiger partial charge >= 0.3 is 0 Å². The molecule has 0 heterocycles. The number of nitrogens with zero attached hydrogens (tertiary/aromatic N) is 1. The van der Waals surface area contributed by atoms with Gasteiger partial charge in [-0.1, -0.05) is 0 Å². The summed E-state index contributed by atoms with van der Waals surface area (Å²) in [6, 6.07) is 3.24. The fraction of sp³-hybridized carbons (Fsp3) is 0.250. The number of amides is 2. The second kappa shape index (κ2) is 6.98. The van der Waals surface area contributed by atoms with Crippen LogP contribution in [-0.4, -0.2) is 28.7 Å². The molecule has 0 aliphatic rings. The van der Waals surface area contributed by atoms with E-state index in [2.05, 4.69) is 5.32 Å². The molecule has 1 aromatic carbocycles. The summed E-state index contributed by atoms with van der Waals surface area (Å²) >= 11 is 0. The molecule has 3 N–H and O–H groups in total. The Morgan fingerprint density at radius 3 is 2.24 bits per heavy atom. The molecule has 0 bridgehead atoms. The molecule has 1 aromatic rings. The number of hydrogen-bond donors (Lipinski definition) is 2. The van der Waals surface area contributed by atoms with E-state index in [1.807, 2.05) is 0 Å². The quantitative estimate of drug-likeness (QED) is 0.470. The Morgan fingerprint density at radius 2 is 1.81 bits per heavy atom. The van der Waals surface area contributed by atoms with Crippen molar-refractivity contribution in [1.82, 2.24) is 5.32 Å². The zero-order chi connectivity index (χ0) is 16.0. The smallest absolute Gasteiger partial charge is 0.269 e. The van der Waals surface area contributed by atoms with Crippen LogP contribution in [0.15, 0.2) is 24.3 Å². The molecule has 1 atom stereocenters. The van der Waals surface area contributed by atoms with Gasteiger partial charge in [0, 0.05) is 24.1 Å². The first kappa shape index (κ1) is 16.1. The molecule has 0 saturated heterocycles. The highest BCUT2D eigenvalue weighted by Gasteiger charge is 2.16. The number of carboxylic acids is 1. The van der Waals surface area contributed by atoms with Crippen molar-refractivity contribution < 1.29 is 24.4 Å². The Hall–Kier alpha value is -2.97. The lowest BCUT2D eigenvalue weighted by molar-refractivity contribution is -0.384. The van der Waals surface area contributed by atoms with E-state index in [4.69, 9.17) is 5.73 Å². The van der Waals surface area contributed by atoms with E-state index in [-0.39, 0.29) is 24.1 Å². The normalized spacial score (nSPS) is 11.4. The van der Waals surface area contributed by atoms with Gasteiger partial charge in [0.15, 0.2) is 0 Å². The number of nitro benzene ring substituents is 1. The molecule has 0 aliphatic carbocycles. The average Bonchev–Trinajstić information content (AvgIpc) is 2.42. The lowest BCUT2D eigenvalue weighted by atomic mass is 10.1. The maximum absolute atomic E-state index is 11.8. The number of carbonyl (C=O) groups excluding carboxylic acids is 3. The Kier molecular flexibility index (Phi) is 5.35. The van der Waals surface area contributed by atoms with E-state index in [0.29, 0.717) is 0 Å². The molecule has 1 rings (SSSR count). The van der Waals surface area contributed by atoms with E-state index in [1.54, 1.807) is 0 Å². The molecule has 0 saturated carbocycles. The summed E-state index contributed by atoms with van der Waals surface area (Å²) in [5.74, 6) is -3.00. The van der Waals surface area contributed by atoms with Crippen LogP contribution >= 0.6 is 0 Å². The van der Waals surface area contributed by atoms with Crippen molar-refractivity contribution in [3.05, 3.63) is 39.9 Å². The van der Waals surface area contributed by atoms with E-state index in [1.165, 1.54) is 12.1 Å². The molecule has 2 amide bonds. The van der Waals surface area contributed by atoms with Gasteiger partial charge < -0.3 is 21.0 Å². The number of benzene rings is 1. The van der Waals surface area contributed by atoms with E-state index < -0.39 is 28.7 Å². The van der Waals surface area contributed by atoms with Gasteiger partial charge in [0.2, 0.25) is 5.91 Å². The van der Waals surface area contributed by atoms with Crippen LogP contribution in [-0.2, 0) is 9.59 Å². The highest BCUT2D eigenvalue weighted by atomic mass is 16.6. The van der Waals surface area contributed by atoms with Crippen LogP contribution in [0.25, 0.3) is 0 Å². The SMILES string of the molecule is NC(=O)CCC(NC(=O)c1ccc([N+](=O)[O-])cc1)C(=O)[O-]. The first-order valence-electron chi connectivity index (χ1n) is 5.85. The average molecular weight is 294 g/mol. The summed E-state index contributed by atoms with van der Waals surface area (Å²) in [5.41, 5.74) is 4.75. The minimum absolute atomic E-state index is 0.0472. The molecule has 0 fully saturated rings. The van der Waals surface area contributed by atoms with Crippen LogP contribution in [0.5, 0.6) is 0 Å². The number of carbonyl (C=O) groups is 3. The molecule has 0 spiro atoms. The summed E-state index contributed by atoms with van der Waals surface area (Å²) in [5, 5.41) is 23.5. The van der Waals surface area contributed by atoms with Crippen molar-refractivity contribution in [3.63, 3.8) is 0 Å². The van der Waals surface area contributed by atoms with Crippen molar-refractivity contribution in [2.45, 2.75) is 18.9 Å². The molecule has 0 radical (unpaired) electrons. The lowest BCUT2D eigenvalue weighted by Crippen LogP contribution is -2.48. The van der Waals surface area contributed by atoms with Crippen molar-refractivity contribution in [2.24, 2.45) is 5.73 Å². The largest absolute Gasteiger partial charge is 0.548 e. The fourth-order valence-electron chi connectivity index (χ4n) is 1.51. The van der Waals surface area contributed by atoms with Crippen molar-refractivity contribution >= 4 is 23.5 Å². The molecule has 21 heavy (non-hydrogen) atoms. The van der Waals surface area contributed by atoms with Crippen LogP contribution in [0.2, 0.25) is 0 Å². The highest BCUT2D eigenvalue weighted by Crippen LogP contribution is 2.12. The molecular weight excluding hydrogens is 282 g/mol. The highest BCUT2D eigenvalue weighted by molar-refractivity contribution is 5.96. The van der Waals surface area contributed by atoms with Crippen molar-refractivity contribution in [3.8, 4) is 0 Å². The van der Waals surface area contributed by atoms with Gasteiger partial charge in [-0.15, -0.1) is 0 Å². The van der Waals surface area contributed by atoms with E-state index >= 15 is 0 Å². The minimum atomic E-state index is -1.55. The van der Waals surface area contributed by atoms with Crippen LogP contribution in [0.3, 0.4) is 0 Å². The van der Waals surface area contributed by atoms with Crippen molar-refractivity contribution in [1.29, 1.82) is 0 Å². The topological polar surface area (TPSA) is 155 Å². The minimum Gasteiger partial charge on any atom is -0.548 e. The third kappa shape index (κ3) is 4.90. The fourth-order valence-corrected chi connectivity index (χ4v) is 1.51. The van der Waals surface area contributed by atoms with E-state index in [0.717, 1.165) is 12.1 Å². The number of primary amides is 1. The van der Waals surface area contributed by atoms with Gasteiger partial charge in [0.05, 0.1) is 16.9 Å². The summed E-state index contributed by atoms with van der Waals surface area (Å²) in [6.07, 6.45) is -0.421. The summed E-state index contributed by atoms with van der Waals surface area (Å²) in [7, 11) is 0. The molecule has 9 heteroatoms. The monoisotopic (exact) mass is 294 g/mol. The van der Waals surface area contributed by atoms with Crippen LogP contribution in [0.4, 0.5) is 5.69 Å². The number of nitro groups is 1. The molecule has 9 nitrogen and oxygen atoms in total. The second-order valence-corrected chi connectivity index (χ2v) is 4.15. The Morgan fingerprint density at radius 1 is 1.24 bits per heavy atom. The molecule has 0 aromatic heterocycles. The number of non-ortho nitro benzene ring substituents is 1. The summed E-state index contributed by atoms with van der Waals surface area (Å²) in [4.78, 5) is 43.1. The molecule has 112 valence electrons. The van der Waals surface area contributed by atoms with Crippen LogP contribution in [0, 0.1) is 10.1 Å². The van der Waals surface area contributed by atoms with Gasteiger partial charge in [-0.25, -0.2) is 0 Å². The van der Waals surface area contributed by atoms with Crippen LogP contribution in [0.1, 0.15) is 23.2 Å². The number of nitrogens with two attached hydrogens (primary N) is 1. The zero-order valence-electron chi connectivity index (χ0n) is 10.8. The first-order chi connectivity index (χ1) is 9.81. The zero-order valence-corrected chi connectivity index (χ0v) is 10.8. The standard InChI is InChI=1S/C12H13N3O6/c13-10(16)6-5-9(12(18)19)14-11(17)7-1-3-8(4-2-7)15(20)21/h1-4,9H,5-6H2,(H2,13,16)(H,14,17)(H,18,19)/p-1. The van der Waals surface area contributed by atoms with Gasteiger partial charge in [-0.05, 0) is 18.6 Å². The summed E-state index contributed by atoms with van der Waals surface area (Å²) in [6.45, 7) is 0. The number of hydrogen-bond acceptors (Lipinski definition) is 6. The first-order valence-corrected chi connectivity index (χ1v) is 5.85. The number of rotatable bonds is 7. The third-order valence-electron chi connectivity index (χ3n) is 2.61. The number of nitrogens with one attached hydrogen (secondary N) is 1. The molecule has 1 unspecified atom stereocenters.